The predicted molar refractivity (Wildman–Crippen MR) is 96.8 cm³/mol. The molecule has 0 fully saturated rings. The number of allylic oxidation sites excluding steroid dienone is 2. The minimum Gasteiger partial charge on any atom is -0.207 e. The SMILES string of the molecule is C=C(CCC(=C)c1ccc2c(c1)CCCC2)c1cccc(F)c1. The van der Waals surface area contributed by atoms with Gasteiger partial charge in [0.05, 0.1) is 0 Å². The monoisotopic (exact) mass is 306 g/mol. The summed E-state index contributed by atoms with van der Waals surface area (Å²) in [6.45, 7) is 8.34. The summed E-state index contributed by atoms with van der Waals surface area (Å²) in [4.78, 5) is 0. The zero-order chi connectivity index (χ0) is 16.2. The van der Waals surface area contributed by atoms with Crippen molar-refractivity contribution in [1.29, 1.82) is 0 Å². The zero-order valence-corrected chi connectivity index (χ0v) is 13.6. The second-order valence-corrected chi connectivity index (χ2v) is 6.41. The first-order chi connectivity index (χ1) is 11.1. The first kappa shape index (κ1) is 15.7. The van der Waals surface area contributed by atoms with Crippen LogP contribution in [0, 0.1) is 5.82 Å². The first-order valence-corrected chi connectivity index (χ1v) is 8.37. The molecule has 0 saturated heterocycles. The van der Waals surface area contributed by atoms with Gasteiger partial charge in [-0.05, 0) is 84.1 Å². The molecule has 1 aliphatic carbocycles. The number of hydrogen-bond donors (Lipinski definition) is 0. The van der Waals surface area contributed by atoms with Crippen molar-refractivity contribution in [1.82, 2.24) is 0 Å². The van der Waals surface area contributed by atoms with Crippen molar-refractivity contribution in [2.24, 2.45) is 0 Å². The Morgan fingerprint density at radius 2 is 1.48 bits per heavy atom. The maximum absolute atomic E-state index is 13.3. The lowest BCUT2D eigenvalue weighted by molar-refractivity contribution is 0.627. The number of benzene rings is 2. The number of hydrogen-bond acceptors (Lipinski definition) is 0. The molecular formula is C22H23F. The smallest absolute Gasteiger partial charge is 0.123 e. The Kier molecular flexibility index (Phi) is 4.76. The molecule has 0 N–H and O–H groups in total. The molecular weight excluding hydrogens is 283 g/mol. The lowest BCUT2D eigenvalue weighted by Gasteiger charge is -2.17. The molecule has 118 valence electrons. The Morgan fingerprint density at radius 3 is 2.17 bits per heavy atom. The first-order valence-electron chi connectivity index (χ1n) is 8.37. The van der Waals surface area contributed by atoms with Crippen molar-refractivity contribution in [3.05, 3.63) is 83.7 Å². The summed E-state index contributed by atoms with van der Waals surface area (Å²) < 4.78 is 13.3. The molecule has 0 aromatic heterocycles. The van der Waals surface area contributed by atoms with Gasteiger partial charge >= 0.3 is 0 Å². The molecule has 0 saturated carbocycles. The lowest BCUT2D eigenvalue weighted by Crippen LogP contribution is -2.03. The van der Waals surface area contributed by atoms with Crippen LogP contribution in [0.5, 0.6) is 0 Å². The van der Waals surface area contributed by atoms with E-state index in [-0.39, 0.29) is 5.82 Å². The van der Waals surface area contributed by atoms with Gasteiger partial charge in [-0.2, -0.15) is 0 Å². The van der Waals surface area contributed by atoms with E-state index < -0.39 is 0 Å². The van der Waals surface area contributed by atoms with Gasteiger partial charge < -0.3 is 0 Å². The summed E-state index contributed by atoms with van der Waals surface area (Å²) >= 11 is 0. The fraction of sp³-hybridized carbons (Fsp3) is 0.273. The van der Waals surface area contributed by atoms with E-state index in [4.69, 9.17) is 0 Å². The highest BCUT2D eigenvalue weighted by atomic mass is 19.1. The summed E-state index contributed by atoms with van der Waals surface area (Å²) in [6.07, 6.45) is 6.65. The normalized spacial score (nSPS) is 13.4. The highest BCUT2D eigenvalue weighted by molar-refractivity contribution is 5.69. The second-order valence-electron chi connectivity index (χ2n) is 6.41. The van der Waals surface area contributed by atoms with Crippen molar-refractivity contribution >= 4 is 11.1 Å². The van der Waals surface area contributed by atoms with Crippen molar-refractivity contribution in [2.45, 2.75) is 38.5 Å². The van der Waals surface area contributed by atoms with E-state index in [2.05, 4.69) is 31.4 Å². The molecule has 0 nitrogen and oxygen atoms in total. The van der Waals surface area contributed by atoms with Crippen LogP contribution in [0.3, 0.4) is 0 Å². The molecule has 1 aliphatic rings. The topological polar surface area (TPSA) is 0 Å². The summed E-state index contributed by atoms with van der Waals surface area (Å²) in [5.41, 5.74) is 7.19. The van der Waals surface area contributed by atoms with E-state index in [0.717, 1.165) is 29.6 Å². The molecule has 0 unspecified atom stereocenters. The number of halogens is 1. The molecule has 2 aromatic rings. The predicted octanol–water partition coefficient (Wildman–Crippen LogP) is 6.21. The van der Waals surface area contributed by atoms with E-state index in [0.29, 0.717) is 0 Å². The minimum atomic E-state index is -0.211. The van der Waals surface area contributed by atoms with Gasteiger partial charge in [-0.1, -0.05) is 43.5 Å². The summed E-state index contributed by atoms with van der Waals surface area (Å²) in [5.74, 6) is -0.211. The third-order valence-electron chi connectivity index (χ3n) is 4.72. The van der Waals surface area contributed by atoms with E-state index in [1.54, 1.807) is 12.1 Å². The third-order valence-corrected chi connectivity index (χ3v) is 4.72. The number of fused-ring (bicyclic) bond motifs is 1. The number of rotatable bonds is 5. The Balaban J connectivity index is 1.64. The van der Waals surface area contributed by atoms with Crippen LogP contribution >= 0.6 is 0 Å². The minimum absolute atomic E-state index is 0.211. The second kappa shape index (κ2) is 6.95. The van der Waals surface area contributed by atoms with E-state index in [9.17, 15) is 4.39 Å². The van der Waals surface area contributed by atoms with Crippen LogP contribution in [0.1, 0.15) is 47.9 Å². The summed E-state index contributed by atoms with van der Waals surface area (Å²) in [5, 5.41) is 0. The third kappa shape index (κ3) is 3.79. The van der Waals surface area contributed by atoms with Crippen molar-refractivity contribution < 1.29 is 4.39 Å². The van der Waals surface area contributed by atoms with Gasteiger partial charge in [0.25, 0.3) is 0 Å². The molecule has 23 heavy (non-hydrogen) atoms. The van der Waals surface area contributed by atoms with Crippen molar-refractivity contribution in [3.8, 4) is 0 Å². The van der Waals surface area contributed by atoms with E-state index >= 15 is 0 Å². The fourth-order valence-corrected chi connectivity index (χ4v) is 3.25. The van der Waals surface area contributed by atoms with Gasteiger partial charge in [0.15, 0.2) is 0 Å². The van der Waals surface area contributed by atoms with Gasteiger partial charge in [-0.15, -0.1) is 0 Å². The fourth-order valence-electron chi connectivity index (χ4n) is 3.25. The average molecular weight is 306 g/mol. The molecule has 2 aromatic carbocycles. The van der Waals surface area contributed by atoms with Crippen LogP contribution < -0.4 is 0 Å². The molecule has 3 rings (SSSR count). The van der Waals surface area contributed by atoms with Gasteiger partial charge in [-0.25, -0.2) is 4.39 Å². The molecule has 1 heteroatoms. The van der Waals surface area contributed by atoms with Crippen LogP contribution in [0.2, 0.25) is 0 Å². The van der Waals surface area contributed by atoms with Crippen LogP contribution in [-0.2, 0) is 12.8 Å². The quantitative estimate of drug-likeness (QED) is 0.616. The lowest BCUT2D eigenvalue weighted by atomic mass is 9.88. The number of aryl methyl sites for hydroxylation is 2. The van der Waals surface area contributed by atoms with Crippen molar-refractivity contribution in [2.75, 3.05) is 0 Å². The Labute approximate surface area is 138 Å². The Morgan fingerprint density at radius 1 is 0.826 bits per heavy atom. The molecule has 0 radical (unpaired) electrons. The molecule has 0 heterocycles. The van der Waals surface area contributed by atoms with Crippen molar-refractivity contribution in [3.63, 3.8) is 0 Å². The van der Waals surface area contributed by atoms with Crippen LogP contribution in [-0.4, -0.2) is 0 Å². The van der Waals surface area contributed by atoms with Gasteiger partial charge in [-0.3, -0.25) is 0 Å². The maximum Gasteiger partial charge on any atom is 0.123 e. The summed E-state index contributed by atoms with van der Waals surface area (Å²) in [6, 6.07) is 13.4. The van der Waals surface area contributed by atoms with Gasteiger partial charge in [0, 0.05) is 0 Å². The Bertz CT molecular complexity index is 739. The van der Waals surface area contributed by atoms with Crippen LogP contribution in [0.4, 0.5) is 4.39 Å². The molecule has 0 atom stereocenters. The molecule has 0 spiro atoms. The highest BCUT2D eigenvalue weighted by Crippen LogP contribution is 2.28. The largest absolute Gasteiger partial charge is 0.207 e. The highest BCUT2D eigenvalue weighted by Gasteiger charge is 2.11. The Hall–Kier alpha value is -2.15. The van der Waals surface area contributed by atoms with E-state index in [1.165, 1.54) is 48.4 Å². The maximum atomic E-state index is 13.3. The molecule has 0 amide bonds. The van der Waals surface area contributed by atoms with Gasteiger partial charge in [0.2, 0.25) is 0 Å². The van der Waals surface area contributed by atoms with Gasteiger partial charge in [0.1, 0.15) is 5.82 Å². The summed E-state index contributed by atoms with van der Waals surface area (Å²) in [7, 11) is 0. The van der Waals surface area contributed by atoms with E-state index in [1.807, 2.05) is 6.07 Å². The average Bonchev–Trinajstić information content (AvgIpc) is 2.59. The van der Waals surface area contributed by atoms with Crippen LogP contribution in [0.25, 0.3) is 11.1 Å². The standard InChI is InChI=1S/C22H23F/c1-16(19-8-5-9-22(23)15-19)10-11-17(2)20-13-12-18-6-3-4-7-21(18)14-20/h5,8-9,12-15H,1-4,6-7,10-11H2. The zero-order valence-electron chi connectivity index (χ0n) is 13.6. The molecule has 0 aliphatic heterocycles. The molecule has 0 bridgehead atoms. The van der Waals surface area contributed by atoms with Crippen LogP contribution in [0.15, 0.2) is 55.6 Å².